The molecule has 2 heterocycles. The summed E-state index contributed by atoms with van der Waals surface area (Å²) in [4.78, 5) is 12.6. The van der Waals surface area contributed by atoms with Gasteiger partial charge in [-0.25, -0.2) is 4.79 Å². The van der Waals surface area contributed by atoms with Crippen LogP contribution in [-0.4, -0.2) is 17.0 Å². The van der Waals surface area contributed by atoms with Crippen molar-refractivity contribution in [3.8, 4) is 11.5 Å². The van der Waals surface area contributed by atoms with Gasteiger partial charge in [-0.2, -0.15) is 11.8 Å². The molecule has 2 aliphatic rings. The minimum atomic E-state index is -0.845. The number of para-hydroxylation sites is 2. The molecule has 2 aromatic rings. The van der Waals surface area contributed by atoms with E-state index < -0.39 is 5.60 Å². The van der Waals surface area contributed by atoms with E-state index in [1.807, 2.05) is 60.3 Å². The summed E-state index contributed by atoms with van der Waals surface area (Å²) in [5.41, 5.74) is 1.40. The van der Waals surface area contributed by atoms with Crippen LogP contribution >= 0.6 is 11.8 Å². The van der Waals surface area contributed by atoms with Crippen LogP contribution < -0.4 is 4.74 Å². The number of fused-ring (bicyclic) bond motifs is 2. The fourth-order valence-corrected chi connectivity index (χ4v) is 5.13. The molecule has 0 N–H and O–H groups in total. The zero-order chi connectivity index (χ0) is 17.4. The number of hydrogen-bond acceptors (Lipinski definition) is 4. The van der Waals surface area contributed by atoms with Crippen molar-refractivity contribution in [1.29, 1.82) is 0 Å². The molecule has 0 amide bonds. The first kappa shape index (κ1) is 16.3. The van der Waals surface area contributed by atoms with Gasteiger partial charge in [0.25, 0.3) is 0 Å². The molecule has 0 saturated carbocycles. The molecule has 1 fully saturated rings. The first-order valence-electron chi connectivity index (χ1n) is 8.50. The third kappa shape index (κ3) is 2.56. The van der Waals surface area contributed by atoms with Crippen molar-refractivity contribution in [1.82, 2.24) is 0 Å². The van der Waals surface area contributed by atoms with Crippen molar-refractivity contribution < 1.29 is 14.3 Å². The fourth-order valence-electron chi connectivity index (χ4n) is 3.64. The zero-order valence-electron chi connectivity index (χ0n) is 14.2. The average molecular weight is 352 g/mol. The van der Waals surface area contributed by atoms with Crippen molar-refractivity contribution in [3.05, 3.63) is 71.8 Å². The molecule has 2 aliphatic heterocycles. The van der Waals surface area contributed by atoms with Crippen LogP contribution in [0.5, 0.6) is 11.5 Å². The number of hydrogen-bond donors (Lipinski definition) is 0. The van der Waals surface area contributed by atoms with E-state index in [9.17, 15) is 4.79 Å². The number of carbonyl (C=O) groups is 1. The highest BCUT2D eigenvalue weighted by atomic mass is 32.2. The Morgan fingerprint density at radius 1 is 1.16 bits per heavy atom. The Bertz CT molecular complexity index is 791. The molecular formula is C21H20O3S. The molecule has 2 aromatic carbocycles. The number of thioether (sulfide) groups is 1. The summed E-state index contributed by atoms with van der Waals surface area (Å²) in [7, 11) is 0. The predicted octanol–water partition coefficient (Wildman–Crippen LogP) is 5.05. The van der Waals surface area contributed by atoms with E-state index in [1.54, 1.807) is 6.92 Å². The summed E-state index contributed by atoms with van der Waals surface area (Å²) in [6, 6.07) is 15.7. The molecule has 3 nitrogen and oxygen atoms in total. The van der Waals surface area contributed by atoms with Crippen LogP contribution in [0.25, 0.3) is 0 Å². The third-order valence-electron chi connectivity index (χ3n) is 4.78. The van der Waals surface area contributed by atoms with Gasteiger partial charge in [0.2, 0.25) is 0 Å². The zero-order valence-corrected chi connectivity index (χ0v) is 15.0. The Kier molecular flexibility index (Phi) is 4.08. The molecular weight excluding hydrogens is 332 g/mol. The lowest BCUT2D eigenvalue weighted by atomic mass is 9.79. The predicted molar refractivity (Wildman–Crippen MR) is 100 cm³/mol. The van der Waals surface area contributed by atoms with E-state index in [2.05, 4.69) is 6.58 Å². The highest BCUT2D eigenvalue weighted by Gasteiger charge is 2.52. The molecule has 0 aromatic heterocycles. The summed E-state index contributed by atoms with van der Waals surface area (Å²) in [5.74, 6) is 2.22. The van der Waals surface area contributed by atoms with Gasteiger partial charge in [-0.3, -0.25) is 0 Å². The summed E-state index contributed by atoms with van der Waals surface area (Å²) in [6.07, 6.45) is 2.11. The molecule has 25 heavy (non-hydrogen) atoms. The van der Waals surface area contributed by atoms with Crippen LogP contribution in [0.15, 0.2) is 60.7 Å². The highest BCUT2D eigenvalue weighted by molar-refractivity contribution is 8.00. The molecule has 0 radical (unpaired) electrons. The van der Waals surface area contributed by atoms with Gasteiger partial charge in [-0.15, -0.1) is 0 Å². The van der Waals surface area contributed by atoms with E-state index in [0.29, 0.717) is 5.57 Å². The van der Waals surface area contributed by atoms with Gasteiger partial charge in [-0.05, 0) is 37.7 Å². The quantitative estimate of drug-likeness (QED) is 0.572. The van der Waals surface area contributed by atoms with Crippen LogP contribution in [0.1, 0.15) is 30.9 Å². The maximum absolute atomic E-state index is 12.6. The number of carbonyl (C=O) groups excluding carboxylic acids is 1. The summed E-state index contributed by atoms with van der Waals surface area (Å²) < 4.78 is 12.3. The van der Waals surface area contributed by atoms with Gasteiger partial charge in [0.05, 0.1) is 5.25 Å². The van der Waals surface area contributed by atoms with Crippen molar-refractivity contribution in [2.75, 3.05) is 5.75 Å². The average Bonchev–Trinajstić information content (AvgIpc) is 3.16. The Hall–Kier alpha value is -2.20. The van der Waals surface area contributed by atoms with Crippen LogP contribution in [0, 0.1) is 0 Å². The normalized spacial score (nSPS) is 20.1. The maximum Gasteiger partial charge on any atom is 0.334 e. The van der Waals surface area contributed by atoms with E-state index >= 15 is 0 Å². The smallest absolute Gasteiger partial charge is 0.334 e. The van der Waals surface area contributed by atoms with Gasteiger partial charge >= 0.3 is 5.97 Å². The lowest BCUT2D eigenvalue weighted by Gasteiger charge is -2.43. The van der Waals surface area contributed by atoms with Gasteiger partial charge in [0.1, 0.15) is 11.5 Å². The number of benzene rings is 2. The minimum absolute atomic E-state index is 0.155. The molecule has 4 rings (SSSR count). The summed E-state index contributed by atoms with van der Waals surface area (Å²) >= 11 is 1.87. The van der Waals surface area contributed by atoms with E-state index in [1.165, 1.54) is 0 Å². The third-order valence-corrected chi connectivity index (χ3v) is 6.27. The Morgan fingerprint density at radius 3 is 2.28 bits per heavy atom. The molecule has 128 valence electrons. The lowest BCUT2D eigenvalue weighted by molar-refractivity contribution is -0.152. The Balaban J connectivity index is 1.98. The van der Waals surface area contributed by atoms with Crippen molar-refractivity contribution in [2.24, 2.45) is 0 Å². The summed E-state index contributed by atoms with van der Waals surface area (Å²) in [5, 5.41) is 0.155. The SMILES string of the molecule is C=C(C)C(=O)OC1(C2CCCS2)c2ccccc2Oc2ccccc21. The van der Waals surface area contributed by atoms with Crippen LogP contribution in [-0.2, 0) is 15.1 Å². The second-order valence-electron chi connectivity index (χ2n) is 6.50. The van der Waals surface area contributed by atoms with Crippen molar-refractivity contribution >= 4 is 17.7 Å². The molecule has 1 unspecified atom stereocenters. The molecule has 1 atom stereocenters. The van der Waals surface area contributed by atoms with E-state index in [-0.39, 0.29) is 11.2 Å². The van der Waals surface area contributed by atoms with Crippen LogP contribution in [0.2, 0.25) is 0 Å². The number of esters is 1. The van der Waals surface area contributed by atoms with Gasteiger partial charge in [0.15, 0.2) is 5.60 Å². The Labute approximate surface area is 152 Å². The molecule has 0 spiro atoms. The first-order chi connectivity index (χ1) is 12.1. The second kappa shape index (κ2) is 6.26. The minimum Gasteiger partial charge on any atom is -0.456 e. The maximum atomic E-state index is 12.6. The molecule has 0 bridgehead atoms. The standard InChI is InChI=1S/C21H20O3S/c1-14(2)20(22)24-21(19-12-7-13-25-19)15-8-3-5-10-17(15)23-18-11-6-4-9-16(18)21/h3-6,8-11,19H,1,7,12-13H2,2H3. The first-order valence-corrected chi connectivity index (χ1v) is 9.55. The summed E-state index contributed by atoms with van der Waals surface area (Å²) in [6.45, 7) is 5.47. The van der Waals surface area contributed by atoms with Gasteiger partial charge in [0, 0.05) is 16.7 Å². The van der Waals surface area contributed by atoms with Crippen molar-refractivity contribution in [2.45, 2.75) is 30.6 Å². The van der Waals surface area contributed by atoms with Crippen LogP contribution in [0.3, 0.4) is 0 Å². The second-order valence-corrected chi connectivity index (χ2v) is 7.81. The van der Waals surface area contributed by atoms with E-state index in [0.717, 1.165) is 41.2 Å². The highest BCUT2D eigenvalue weighted by Crippen LogP contribution is 2.55. The number of rotatable bonds is 3. The fraction of sp³-hybridized carbons (Fsp3) is 0.286. The Morgan fingerprint density at radius 2 is 1.76 bits per heavy atom. The molecule has 4 heteroatoms. The van der Waals surface area contributed by atoms with E-state index in [4.69, 9.17) is 9.47 Å². The van der Waals surface area contributed by atoms with Gasteiger partial charge < -0.3 is 9.47 Å². The van der Waals surface area contributed by atoms with Crippen LogP contribution in [0.4, 0.5) is 0 Å². The monoisotopic (exact) mass is 352 g/mol. The molecule has 0 aliphatic carbocycles. The van der Waals surface area contributed by atoms with Crippen molar-refractivity contribution in [3.63, 3.8) is 0 Å². The largest absolute Gasteiger partial charge is 0.456 e. The lowest BCUT2D eigenvalue weighted by Crippen LogP contribution is -2.44. The topological polar surface area (TPSA) is 35.5 Å². The molecule has 1 saturated heterocycles. The van der Waals surface area contributed by atoms with Gasteiger partial charge in [-0.1, -0.05) is 43.0 Å². The number of ether oxygens (including phenoxy) is 2.